The number of carbonyl (C=O) groups is 1. The maximum absolute atomic E-state index is 12.5. The van der Waals surface area contributed by atoms with Gasteiger partial charge in [0, 0.05) is 24.8 Å². The minimum Gasteiger partial charge on any atom is -0.468 e. The standard InChI is InChI=1S/C15H19F3N2O2/c1-2-20(12-5-3-4-6-12)14(21)11-7-8-13(19-9-11)22-10-15(16,17)18/h7-9,12H,2-6,10H2,1H3. The summed E-state index contributed by atoms with van der Waals surface area (Å²) in [4.78, 5) is 18.0. The number of halogens is 3. The van der Waals surface area contributed by atoms with Crippen molar-refractivity contribution < 1.29 is 22.7 Å². The number of hydrogen-bond donors (Lipinski definition) is 0. The van der Waals surface area contributed by atoms with Crippen LogP contribution in [0.4, 0.5) is 13.2 Å². The molecule has 2 rings (SSSR count). The summed E-state index contributed by atoms with van der Waals surface area (Å²) in [6.07, 6.45) is 1.11. The number of amides is 1. The number of ether oxygens (including phenoxy) is 1. The zero-order chi connectivity index (χ0) is 16.2. The molecule has 1 aromatic heterocycles. The summed E-state index contributed by atoms with van der Waals surface area (Å²) < 4.78 is 40.7. The van der Waals surface area contributed by atoms with Crippen molar-refractivity contribution >= 4 is 5.91 Å². The molecule has 0 saturated heterocycles. The van der Waals surface area contributed by atoms with Gasteiger partial charge in [0.05, 0.1) is 5.56 Å². The highest BCUT2D eigenvalue weighted by molar-refractivity contribution is 5.94. The molecule has 22 heavy (non-hydrogen) atoms. The molecule has 1 saturated carbocycles. The van der Waals surface area contributed by atoms with Gasteiger partial charge in [-0.25, -0.2) is 4.98 Å². The Morgan fingerprint density at radius 1 is 1.36 bits per heavy atom. The molecule has 1 aliphatic carbocycles. The van der Waals surface area contributed by atoms with Crippen LogP contribution in [0.15, 0.2) is 18.3 Å². The molecule has 0 N–H and O–H groups in total. The number of alkyl halides is 3. The quantitative estimate of drug-likeness (QED) is 0.836. The van der Waals surface area contributed by atoms with Gasteiger partial charge in [0.25, 0.3) is 5.91 Å². The van der Waals surface area contributed by atoms with Crippen molar-refractivity contribution in [2.24, 2.45) is 0 Å². The van der Waals surface area contributed by atoms with Gasteiger partial charge in [0.15, 0.2) is 6.61 Å². The van der Waals surface area contributed by atoms with Crippen molar-refractivity contribution in [1.82, 2.24) is 9.88 Å². The van der Waals surface area contributed by atoms with E-state index in [0.29, 0.717) is 12.1 Å². The molecule has 1 heterocycles. The fraction of sp³-hybridized carbons (Fsp3) is 0.600. The molecule has 0 radical (unpaired) electrons. The minimum atomic E-state index is -4.41. The molecule has 1 amide bonds. The Morgan fingerprint density at radius 2 is 2.05 bits per heavy atom. The van der Waals surface area contributed by atoms with Crippen LogP contribution in [0, 0.1) is 0 Å². The molecule has 7 heteroatoms. The average molecular weight is 316 g/mol. The summed E-state index contributed by atoms with van der Waals surface area (Å²) in [7, 11) is 0. The van der Waals surface area contributed by atoms with Gasteiger partial charge in [-0.15, -0.1) is 0 Å². The Kier molecular flexibility index (Phi) is 5.26. The highest BCUT2D eigenvalue weighted by atomic mass is 19.4. The topological polar surface area (TPSA) is 42.4 Å². The first-order chi connectivity index (χ1) is 10.4. The molecule has 0 spiro atoms. The van der Waals surface area contributed by atoms with Crippen molar-refractivity contribution in [2.75, 3.05) is 13.2 Å². The summed E-state index contributed by atoms with van der Waals surface area (Å²) in [6, 6.07) is 3.00. The van der Waals surface area contributed by atoms with Crippen molar-refractivity contribution in [3.63, 3.8) is 0 Å². The SMILES string of the molecule is CCN(C(=O)c1ccc(OCC(F)(F)F)nc1)C1CCCC1. The number of pyridine rings is 1. The first-order valence-electron chi connectivity index (χ1n) is 7.37. The third kappa shape index (κ3) is 4.35. The van der Waals surface area contributed by atoms with Gasteiger partial charge in [-0.2, -0.15) is 13.2 Å². The summed E-state index contributed by atoms with van der Waals surface area (Å²) in [6.45, 7) is 1.14. The number of aromatic nitrogens is 1. The lowest BCUT2D eigenvalue weighted by molar-refractivity contribution is -0.154. The van der Waals surface area contributed by atoms with Crippen LogP contribution in [0.25, 0.3) is 0 Å². The van der Waals surface area contributed by atoms with Crippen LogP contribution in [0.1, 0.15) is 43.0 Å². The van der Waals surface area contributed by atoms with Crippen molar-refractivity contribution in [2.45, 2.75) is 44.8 Å². The number of carbonyl (C=O) groups excluding carboxylic acids is 1. The summed E-state index contributed by atoms with van der Waals surface area (Å²) in [5, 5.41) is 0. The Hall–Kier alpha value is -1.79. The van der Waals surface area contributed by atoms with Gasteiger partial charge in [-0.1, -0.05) is 12.8 Å². The molecule has 0 unspecified atom stereocenters. The molecule has 0 aliphatic heterocycles. The normalized spacial score (nSPS) is 15.8. The van der Waals surface area contributed by atoms with Gasteiger partial charge >= 0.3 is 6.18 Å². The Morgan fingerprint density at radius 3 is 2.55 bits per heavy atom. The first-order valence-corrected chi connectivity index (χ1v) is 7.37. The maximum atomic E-state index is 12.5. The van der Waals surface area contributed by atoms with Crippen molar-refractivity contribution in [3.05, 3.63) is 23.9 Å². The van der Waals surface area contributed by atoms with Crippen LogP contribution in [0.2, 0.25) is 0 Å². The van der Waals surface area contributed by atoms with E-state index in [9.17, 15) is 18.0 Å². The highest BCUT2D eigenvalue weighted by Crippen LogP contribution is 2.25. The monoisotopic (exact) mass is 316 g/mol. The van der Waals surface area contributed by atoms with Crippen molar-refractivity contribution in [3.8, 4) is 5.88 Å². The summed E-state index contributed by atoms with van der Waals surface area (Å²) in [5.74, 6) is -0.276. The van der Waals surface area contributed by atoms with E-state index in [0.717, 1.165) is 25.7 Å². The summed E-state index contributed by atoms with van der Waals surface area (Å²) in [5.41, 5.74) is 0.369. The van der Waals surface area contributed by atoms with Gasteiger partial charge in [0.2, 0.25) is 5.88 Å². The fourth-order valence-electron chi connectivity index (χ4n) is 2.70. The van der Waals surface area contributed by atoms with Crippen LogP contribution in [-0.4, -0.2) is 41.2 Å². The van der Waals surface area contributed by atoms with Crippen LogP contribution in [-0.2, 0) is 0 Å². The zero-order valence-electron chi connectivity index (χ0n) is 12.4. The second-order valence-electron chi connectivity index (χ2n) is 5.32. The van der Waals surface area contributed by atoms with E-state index in [1.165, 1.54) is 18.3 Å². The lowest BCUT2D eigenvalue weighted by Gasteiger charge is -2.27. The molecular weight excluding hydrogens is 297 g/mol. The lowest BCUT2D eigenvalue weighted by atomic mass is 10.1. The van der Waals surface area contributed by atoms with E-state index in [4.69, 9.17) is 0 Å². The zero-order valence-corrected chi connectivity index (χ0v) is 12.4. The number of hydrogen-bond acceptors (Lipinski definition) is 3. The third-order valence-electron chi connectivity index (χ3n) is 3.73. The molecular formula is C15H19F3N2O2. The molecule has 4 nitrogen and oxygen atoms in total. The molecule has 1 fully saturated rings. The van der Waals surface area contributed by atoms with Crippen LogP contribution in [0.3, 0.4) is 0 Å². The minimum absolute atomic E-state index is 0.135. The molecule has 0 atom stereocenters. The van der Waals surface area contributed by atoms with Crippen LogP contribution >= 0.6 is 0 Å². The molecule has 0 aromatic carbocycles. The van der Waals surface area contributed by atoms with Gasteiger partial charge < -0.3 is 9.64 Å². The largest absolute Gasteiger partial charge is 0.468 e. The predicted molar refractivity (Wildman–Crippen MR) is 74.8 cm³/mol. The van der Waals surface area contributed by atoms with E-state index >= 15 is 0 Å². The molecule has 1 aliphatic rings. The number of nitrogens with zero attached hydrogens (tertiary/aromatic N) is 2. The second kappa shape index (κ2) is 6.98. The maximum Gasteiger partial charge on any atom is 0.422 e. The molecule has 122 valence electrons. The number of rotatable bonds is 5. The average Bonchev–Trinajstić information content (AvgIpc) is 2.99. The highest BCUT2D eigenvalue weighted by Gasteiger charge is 2.29. The van der Waals surface area contributed by atoms with Crippen LogP contribution in [0.5, 0.6) is 5.88 Å². The predicted octanol–water partition coefficient (Wildman–Crippen LogP) is 3.43. The van der Waals surface area contributed by atoms with E-state index in [-0.39, 0.29) is 17.8 Å². The molecule has 0 bridgehead atoms. The van der Waals surface area contributed by atoms with Crippen LogP contribution < -0.4 is 4.74 Å². The molecule has 1 aromatic rings. The third-order valence-corrected chi connectivity index (χ3v) is 3.73. The Balaban J connectivity index is 2.00. The lowest BCUT2D eigenvalue weighted by Crippen LogP contribution is -2.38. The van der Waals surface area contributed by atoms with E-state index < -0.39 is 12.8 Å². The summed E-state index contributed by atoms with van der Waals surface area (Å²) >= 11 is 0. The smallest absolute Gasteiger partial charge is 0.422 e. The Bertz CT molecular complexity index is 497. The Labute approximate surface area is 127 Å². The van der Waals surface area contributed by atoms with E-state index in [1.807, 2.05) is 6.92 Å². The fourth-order valence-corrected chi connectivity index (χ4v) is 2.70. The van der Waals surface area contributed by atoms with E-state index in [1.54, 1.807) is 4.90 Å². The second-order valence-corrected chi connectivity index (χ2v) is 5.32. The van der Waals surface area contributed by atoms with Gasteiger partial charge in [0.1, 0.15) is 0 Å². The van der Waals surface area contributed by atoms with Gasteiger partial charge in [-0.3, -0.25) is 4.79 Å². The van der Waals surface area contributed by atoms with E-state index in [2.05, 4.69) is 9.72 Å². The first kappa shape index (κ1) is 16.6. The van der Waals surface area contributed by atoms with Gasteiger partial charge in [-0.05, 0) is 25.8 Å². The van der Waals surface area contributed by atoms with Crippen molar-refractivity contribution in [1.29, 1.82) is 0 Å².